The summed E-state index contributed by atoms with van der Waals surface area (Å²) in [6, 6.07) is 10.6. The molecule has 0 saturated carbocycles. The number of urea groups is 1. The molecule has 0 unspecified atom stereocenters. The van der Waals surface area contributed by atoms with Gasteiger partial charge in [-0.2, -0.15) is 0 Å². The Balaban J connectivity index is 1.54. The fourth-order valence-electron chi connectivity index (χ4n) is 3.22. The van der Waals surface area contributed by atoms with Gasteiger partial charge in [0, 0.05) is 25.2 Å². The first-order chi connectivity index (χ1) is 14.0. The number of hydrogen-bond acceptors (Lipinski definition) is 4. The molecule has 2 N–H and O–H groups in total. The van der Waals surface area contributed by atoms with Crippen LogP contribution in [0, 0.1) is 5.82 Å². The van der Waals surface area contributed by atoms with Crippen LogP contribution in [0.15, 0.2) is 42.5 Å². The third-order valence-corrected chi connectivity index (χ3v) is 4.56. The molecule has 1 heterocycles. The van der Waals surface area contributed by atoms with Gasteiger partial charge >= 0.3 is 6.03 Å². The van der Waals surface area contributed by atoms with Crippen LogP contribution in [0.4, 0.5) is 14.9 Å². The van der Waals surface area contributed by atoms with E-state index in [1.54, 1.807) is 25.3 Å². The highest BCUT2D eigenvalue weighted by molar-refractivity contribution is 5.96. The van der Waals surface area contributed by atoms with Crippen LogP contribution >= 0.6 is 0 Å². The average Bonchev–Trinajstić information content (AvgIpc) is 3.07. The number of nitrogens with zero attached hydrogens (tertiary/aromatic N) is 1. The number of nitrogens with one attached hydrogen (secondary N) is 2. The summed E-state index contributed by atoms with van der Waals surface area (Å²) >= 11 is 0. The van der Waals surface area contributed by atoms with Crippen molar-refractivity contribution in [1.82, 2.24) is 10.6 Å². The van der Waals surface area contributed by atoms with Crippen molar-refractivity contribution in [3.8, 4) is 11.5 Å². The molecule has 3 amide bonds. The third kappa shape index (κ3) is 5.16. The van der Waals surface area contributed by atoms with Crippen molar-refractivity contribution in [2.45, 2.75) is 25.9 Å². The summed E-state index contributed by atoms with van der Waals surface area (Å²) in [7, 11) is 1.57. The quantitative estimate of drug-likeness (QED) is 0.748. The first-order valence-corrected chi connectivity index (χ1v) is 9.40. The Morgan fingerprint density at radius 3 is 2.79 bits per heavy atom. The van der Waals surface area contributed by atoms with E-state index < -0.39 is 5.82 Å². The molecule has 1 fully saturated rings. The molecule has 3 rings (SSSR count). The van der Waals surface area contributed by atoms with Crippen LogP contribution in [0.25, 0.3) is 0 Å². The number of carbonyl (C=O) groups is 2. The SMILES string of the molecule is CCOc1cc(CNC(=O)N[C@H]2CC(=O)N(c3cccc(F)c3)C2)ccc1OC. The summed E-state index contributed by atoms with van der Waals surface area (Å²) in [5.74, 6) is 0.677. The van der Waals surface area contributed by atoms with Gasteiger partial charge in [-0.25, -0.2) is 9.18 Å². The zero-order valence-electron chi connectivity index (χ0n) is 16.4. The predicted octanol–water partition coefficient (Wildman–Crippen LogP) is 2.84. The molecule has 29 heavy (non-hydrogen) atoms. The maximum absolute atomic E-state index is 13.4. The molecule has 1 saturated heterocycles. The molecule has 1 atom stereocenters. The van der Waals surface area contributed by atoms with Crippen LogP contribution in [0.3, 0.4) is 0 Å². The normalized spacial score (nSPS) is 15.9. The Kier molecular flexibility index (Phi) is 6.54. The van der Waals surface area contributed by atoms with Crippen molar-refractivity contribution in [2.24, 2.45) is 0 Å². The van der Waals surface area contributed by atoms with Crippen LogP contribution in [-0.2, 0) is 11.3 Å². The maximum Gasteiger partial charge on any atom is 0.315 e. The van der Waals surface area contributed by atoms with Crippen LogP contribution in [0.2, 0.25) is 0 Å². The lowest BCUT2D eigenvalue weighted by Crippen LogP contribution is -2.43. The van der Waals surface area contributed by atoms with Crippen molar-refractivity contribution in [2.75, 3.05) is 25.2 Å². The average molecular weight is 401 g/mol. The summed E-state index contributed by atoms with van der Waals surface area (Å²) in [4.78, 5) is 25.9. The molecule has 0 aromatic heterocycles. The number of halogens is 1. The van der Waals surface area contributed by atoms with Crippen molar-refractivity contribution in [1.29, 1.82) is 0 Å². The maximum atomic E-state index is 13.4. The molecule has 1 aliphatic heterocycles. The molecule has 1 aliphatic rings. The largest absolute Gasteiger partial charge is 0.493 e. The van der Waals surface area contributed by atoms with Crippen molar-refractivity contribution < 1.29 is 23.5 Å². The van der Waals surface area contributed by atoms with E-state index in [4.69, 9.17) is 9.47 Å². The summed E-state index contributed by atoms with van der Waals surface area (Å²) in [5.41, 5.74) is 1.34. The van der Waals surface area contributed by atoms with Gasteiger partial charge in [-0.1, -0.05) is 12.1 Å². The van der Waals surface area contributed by atoms with E-state index in [0.29, 0.717) is 36.9 Å². The minimum Gasteiger partial charge on any atom is -0.493 e. The van der Waals surface area contributed by atoms with Gasteiger partial charge in [0.1, 0.15) is 5.82 Å². The Morgan fingerprint density at radius 2 is 2.07 bits per heavy atom. The molecule has 8 heteroatoms. The number of anilines is 1. The molecule has 0 aliphatic carbocycles. The molecular weight excluding hydrogens is 377 g/mol. The van der Waals surface area contributed by atoms with Crippen LogP contribution in [0.5, 0.6) is 11.5 Å². The molecule has 2 aromatic rings. The van der Waals surface area contributed by atoms with E-state index in [1.807, 2.05) is 19.1 Å². The number of methoxy groups -OCH3 is 1. The molecule has 7 nitrogen and oxygen atoms in total. The fourth-order valence-corrected chi connectivity index (χ4v) is 3.22. The second-order valence-corrected chi connectivity index (χ2v) is 6.63. The third-order valence-electron chi connectivity index (χ3n) is 4.56. The highest BCUT2D eigenvalue weighted by Gasteiger charge is 2.31. The Labute approximate surface area is 168 Å². The van der Waals surface area contributed by atoms with Gasteiger partial charge in [0.15, 0.2) is 11.5 Å². The van der Waals surface area contributed by atoms with Crippen molar-refractivity contribution in [3.63, 3.8) is 0 Å². The highest BCUT2D eigenvalue weighted by atomic mass is 19.1. The first kappa shape index (κ1) is 20.4. The highest BCUT2D eigenvalue weighted by Crippen LogP contribution is 2.28. The van der Waals surface area contributed by atoms with Gasteiger partial charge in [0.25, 0.3) is 0 Å². The summed E-state index contributed by atoms with van der Waals surface area (Å²) in [5, 5.41) is 5.57. The summed E-state index contributed by atoms with van der Waals surface area (Å²) < 4.78 is 24.2. The Hall–Kier alpha value is -3.29. The predicted molar refractivity (Wildman–Crippen MR) is 107 cm³/mol. The van der Waals surface area contributed by atoms with E-state index in [1.165, 1.54) is 17.0 Å². The molecule has 0 bridgehead atoms. The van der Waals surface area contributed by atoms with Gasteiger partial charge in [0.2, 0.25) is 5.91 Å². The van der Waals surface area contributed by atoms with E-state index in [9.17, 15) is 14.0 Å². The molecular formula is C21H24FN3O4. The van der Waals surface area contributed by atoms with E-state index in [2.05, 4.69) is 10.6 Å². The minimum absolute atomic E-state index is 0.155. The Bertz CT molecular complexity index is 890. The van der Waals surface area contributed by atoms with E-state index in [0.717, 1.165) is 5.56 Å². The number of amides is 3. The van der Waals surface area contributed by atoms with E-state index in [-0.39, 0.29) is 24.4 Å². The van der Waals surface area contributed by atoms with E-state index >= 15 is 0 Å². The lowest BCUT2D eigenvalue weighted by molar-refractivity contribution is -0.117. The van der Waals surface area contributed by atoms with Gasteiger partial charge in [-0.3, -0.25) is 4.79 Å². The van der Waals surface area contributed by atoms with Crippen molar-refractivity contribution in [3.05, 3.63) is 53.8 Å². The zero-order valence-corrected chi connectivity index (χ0v) is 16.4. The smallest absolute Gasteiger partial charge is 0.315 e. The number of benzene rings is 2. The van der Waals surface area contributed by atoms with Crippen LogP contribution < -0.4 is 25.0 Å². The van der Waals surface area contributed by atoms with Gasteiger partial charge in [-0.05, 0) is 42.8 Å². The van der Waals surface area contributed by atoms with Gasteiger partial charge in [0.05, 0.1) is 19.8 Å². The summed E-state index contributed by atoms with van der Waals surface area (Å²) in [6.07, 6.45) is 0.168. The summed E-state index contributed by atoms with van der Waals surface area (Å²) in [6.45, 7) is 2.98. The molecule has 2 aromatic carbocycles. The second-order valence-electron chi connectivity index (χ2n) is 6.63. The fraction of sp³-hybridized carbons (Fsp3) is 0.333. The van der Waals surface area contributed by atoms with Crippen LogP contribution in [-0.4, -0.2) is 38.2 Å². The monoisotopic (exact) mass is 401 g/mol. The number of ether oxygens (including phenoxy) is 2. The zero-order chi connectivity index (χ0) is 20.8. The standard InChI is InChI=1S/C21H24FN3O4/c1-3-29-19-9-14(7-8-18(19)28-2)12-23-21(27)24-16-11-20(26)25(13-16)17-6-4-5-15(22)10-17/h4-10,16H,3,11-13H2,1-2H3,(H2,23,24,27)/t16-/m0/s1. The first-order valence-electron chi connectivity index (χ1n) is 9.40. The lowest BCUT2D eigenvalue weighted by atomic mass is 10.2. The topological polar surface area (TPSA) is 79.9 Å². The molecule has 0 radical (unpaired) electrons. The number of carbonyl (C=O) groups excluding carboxylic acids is 2. The number of hydrogen-bond donors (Lipinski definition) is 2. The molecule has 0 spiro atoms. The molecule has 154 valence electrons. The minimum atomic E-state index is -0.407. The Morgan fingerprint density at radius 1 is 1.24 bits per heavy atom. The van der Waals surface area contributed by atoms with Crippen LogP contribution in [0.1, 0.15) is 18.9 Å². The van der Waals surface area contributed by atoms with Gasteiger partial charge in [-0.15, -0.1) is 0 Å². The van der Waals surface area contributed by atoms with Gasteiger partial charge < -0.3 is 25.0 Å². The second kappa shape index (κ2) is 9.27. The lowest BCUT2D eigenvalue weighted by Gasteiger charge is -2.17. The van der Waals surface area contributed by atoms with Crippen molar-refractivity contribution >= 4 is 17.6 Å². The number of rotatable bonds is 7.